The number of amides is 1. The van der Waals surface area contributed by atoms with Crippen LogP contribution in [0.25, 0.3) is 33.5 Å². The maximum atomic E-state index is 12.5. The van der Waals surface area contributed by atoms with Crippen molar-refractivity contribution >= 4 is 34.2 Å². The molecule has 200 valence electrons. The number of nitrogens with one attached hydrogen (secondary N) is 2. The molecule has 0 aromatic carbocycles. The Labute approximate surface area is 231 Å². The van der Waals surface area contributed by atoms with Crippen molar-refractivity contribution in [1.29, 1.82) is 0 Å². The van der Waals surface area contributed by atoms with Crippen molar-refractivity contribution in [3.05, 3.63) is 78.9 Å². The van der Waals surface area contributed by atoms with E-state index < -0.39 is 0 Å². The number of nitrogens with zero attached hydrogens (tertiary/aromatic N) is 7. The normalized spacial score (nSPS) is 13.2. The molecule has 6 heterocycles. The summed E-state index contributed by atoms with van der Waals surface area (Å²) in [4.78, 5) is 45.4. The predicted molar refractivity (Wildman–Crippen MR) is 156 cm³/mol. The zero-order valence-corrected chi connectivity index (χ0v) is 22.8. The number of fused-ring (bicyclic) bond motifs is 2. The first-order chi connectivity index (χ1) is 19.2. The molecule has 0 unspecified atom stereocenters. The van der Waals surface area contributed by atoms with Crippen LogP contribution in [0.3, 0.4) is 0 Å². The van der Waals surface area contributed by atoms with Crippen LogP contribution in [0.15, 0.2) is 72.5 Å². The Balaban J connectivity index is 1.37. The monoisotopic (exact) mass is 531 g/mol. The van der Waals surface area contributed by atoms with Gasteiger partial charge < -0.3 is 15.2 Å². The number of rotatable bonds is 5. The lowest BCUT2D eigenvalue weighted by Crippen LogP contribution is -2.27. The Hall–Kier alpha value is -4.99. The van der Waals surface area contributed by atoms with Crippen molar-refractivity contribution in [2.75, 3.05) is 23.9 Å². The van der Waals surface area contributed by atoms with Crippen LogP contribution in [-0.4, -0.2) is 55.2 Å². The Morgan fingerprint density at radius 1 is 0.975 bits per heavy atom. The van der Waals surface area contributed by atoms with E-state index in [4.69, 9.17) is 15.0 Å². The summed E-state index contributed by atoms with van der Waals surface area (Å²) in [6, 6.07) is 9.77. The number of imidazole rings is 1. The maximum absolute atomic E-state index is 12.5. The lowest BCUT2D eigenvalue weighted by atomic mass is 9.92. The summed E-state index contributed by atoms with van der Waals surface area (Å²) in [5, 5.41) is 2.96. The first-order valence-electron chi connectivity index (χ1n) is 13.0. The second kappa shape index (κ2) is 9.96. The third-order valence-electron chi connectivity index (χ3n) is 6.61. The van der Waals surface area contributed by atoms with Crippen LogP contribution in [0.1, 0.15) is 38.6 Å². The van der Waals surface area contributed by atoms with Gasteiger partial charge in [0.1, 0.15) is 12.4 Å². The van der Waals surface area contributed by atoms with Gasteiger partial charge in [-0.25, -0.2) is 9.97 Å². The number of anilines is 2. The molecule has 0 bridgehead atoms. The van der Waals surface area contributed by atoms with Gasteiger partial charge >= 0.3 is 0 Å². The Kier molecular flexibility index (Phi) is 6.30. The van der Waals surface area contributed by atoms with Gasteiger partial charge in [-0.3, -0.25) is 24.7 Å². The first kappa shape index (κ1) is 25.3. The summed E-state index contributed by atoms with van der Waals surface area (Å²) in [6.45, 7) is 6.58. The molecule has 1 amide bonds. The molecule has 6 rings (SSSR count). The van der Waals surface area contributed by atoms with Gasteiger partial charge in [0.25, 0.3) is 0 Å². The number of H-pyrrole nitrogens is 1. The summed E-state index contributed by atoms with van der Waals surface area (Å²) in [5.74, 6) is 0.586. The third-order valence-corrected chi connectivity index (χ3v) is 6.61. The molecule has 0 saturated heterocycles. The fourth-order valence-corrected chi connectivity index (χ4v) is 4.77. The van der Waals surface area contributed by atoms with Crippen molar-refractivity contribution in [1.82, 2.24) is 29.9 Å². The number of aromatic nitrogens is 6. The van der Waals surface area contributed by atoms with Gasteiger partial charge in [0.05, 0.1) is 35.0 Å². The van der Waals surface area contributed by atoms with Crippen LogP contribution in [0.4, 0.5) is 11.4 Å². The van der Waals surface area contributed by atoms with Crippen LogP contribution in [-0.2, 0) is 4.79 Å². The molecule has 10 nitrogen and oxygen atoms in total. The molecule has 40 heavy (non-hydrogen) atoms. The van der Waals surface area contributed by atoms with Gasteiger partial charge in [-0.2, -0.15) is 0 Å². The molecule has 0 atom stereocenters. The molecule has 0 spiro atoms. The molecule has 2 N–H and O–H groups in total. The minimum absolute atomic E-state index is 0.0504. The van der Waals surface area contributed by atoms with E-state index in [0.717, 1.165) is 39.2 Å². The fourth-order valence-electron chi connectivity index (χ4n) is 4.77. The highest BCUT2D eigenvalue weighted by Crippen LogP contribution is 2.32. The molecule has 0 aliphatic carbocycles. The van der Waals surface area contributed by atoms with Gasteiger partial charge in [-0.1, -0.05) is 20.8 Å². The fraction of sp³-hybridized carbons (Fsp3) is 0.233. The van der Waals surface area contributed by atoms with Crippen molar-refractivity contribution in [2.24, 2.45) is 10.4 Å². The molecule has 0 radical (unpaired) electrons. The number of carbonyl (C=O) groups is 1. The zero-order valence-electron chi connectivity index (χ0n) is 22.8. The van der Waals surface area contributed by atoms with E-state index in [1.807, 2.05) is 69.2 Å². The van der Waals surface area contributed by atoms with E-state index in [2.05, 4.69) is 25.3 Å². The highest BCUT2D eigenvalue weighted by Gasteiger charge is 2.24. The SMILES string of the molecule is CN1CN=C(c2nc3nccc(-c4ccncc4)c3[nH]2)c2cc(-c3cncc(NC(=O)CC(C)(C)C)c3)ncc21. The van der Waals surface area contributed by atoms with E-state index in [-0.39, 0.29) is 11.3 Å². The van der Waals surface area contributed by atoms with Crippen LogP contribution >= 0.6 is 0 Å². The standard InChI is InChI=1S/C30H29N9O/c1-30(2,3)13-25(40)36-20-11-19(14-32-15-20)23-12-22-24(16-34-23)39(4)17-35-26(22)29-37-27-21(7-10-33-28(27)38-29)18-5-8-31-9-6-18/h5-12,14-16H,13,17H2,1-4H3,(H,36,40)(H,33,37,38). The lowest BCUT2D eigenvalue weighted by Gasteiger charge is -2.25. The smallest absolute Gasteiger partial charge is 0.224 e. The number of carbonyl (C=O) groups excluding carboxylic acids is 1. The molecule has 5 aromatic heterocycles. The van der Waals surface area contributed by atoms with Gasteiger partial charge in [0, 0.05) is 54.9 Å². The minimum atomic E-state index is -0.109. The second-order valence-electron chi connectivity index (χ2n) is 11.1. The van der Waals surface area contributed by atoms with Crippen molar-refractivity contribution in [2.45, 2.75) is 27.2 Å². The molecule has 0 fully saturated rings. The highest BCUT2D eigenvalue weighted by atomic mass is 16.1. The predicted octanol–water partition coefficient (Wildman–Crippen LogP) is 5.10. The van der Waals surface area contributed by atoms with Crippen LogP contribution in [0.5, 0.6) is 0 Å². The summed E-state index contributed by atoms with van der Waals surface area (Å²) in [5.41, 5.74) is 8.06. The third kappa shape index (κ3) is 5.03. The molecule has 1 aliphatic rings. The average molecular weight is 532 g/mol. The van der Waals surface area contributed by atoms with E-state index in [1.54, 1.807) is 31.0 Å². The van der Waals surface area contributed by atoms with Crippen LogP contribution in [0, 0.1) is 5.41 Å². The summed E-state index contributed by atoms with van der Waals surface area (Å²) in [6.07, 6.45) is 10.9. The summed E-state index contributed by atoms with van der Waals surface area (Å²) in [7, 11) is 1.98. The molecule has 0 saturated carbocycles. The molecular formula is C30H29N9O. The van der Waals surface area contributed by atoms with Crippen molar-refractivity contribution in [3.8, 4) is 22.4 Å². The van der Waals surface area contributed by atoms with E-state index in [9.17, 15) is 4.79 Å². The minimum Gasteiger partial charge on any atom is -0.353 e. The Morgan fingerprint density at radius 3 is 2.60 bits per heavy atom. The van der Waals surface area contributed by atoms with Crippen LogP contribution in [0.2, 0.25) is 0 Å². The quantitative estimate of drug-likeness (QED) is 0.323. The van der Waals surface area contributed by atoms with E-state index in [1.165, 1.54) is 0 Å². The number of hydrogen-bond acceptors (Lipinski definition) is 8. The zero-order chi connectivity index (χ0) is 27.9. The second-order valence-corrected chi connectivity index (χ2v) is 11.1. The molecule has 10 heteroatoms. The number of aliphatic imine (C=N–C) groups is 1. The maximum Gasteiger partial charge on any atom is 0.224 e. The van der Waals surface area contributed by atoms with Crippen molar-refractivity contribution in [3.63, 3.8) is 0 Å². The molecular weight excluding hydrogens is 502 g/mol. The topological polar surface area (TPSA) is 125 Å². The summed E-state index contributed by atoms with van der Waals surface area (Å²) < 4.78 is 0. The Morgan fingerprint density at radius 2 is 1.80 bits per heavy atom. The van der Waals surface area contributed by atoms with Gasteiger partial charge in [-0.05, 0) is 41.3 Å². The van der Waals surface area contributed by atoms with Crippen molar-refractivity contribution < 1.29 is 4.79 Å². The molecule has 5 aromatic rings. The summed E-state index contributed by atoms with van der Waals surface area (Å²) >= 11 is 0. The first-order valence-corrected chi connectivity index (χ1v) is 13.0. The molecule has 1 aliphatic heterocycles. The number of hydrogen-bond donors (Lipinski definition) is 2. The van der Waals surface area contributed by atoms with Gasteiger partial charge in [-0.15, -0.1) is 0 Å². The highest BCUT2D eigenvalue weighted by molar-refractivity contribution is 6.16. The van der Waals surface area contributed by atoms with Gasteiger partial charge in [0.15, 0.2) is 11.5 Å². The average Bonchev–Trinajstić information content (AvgIpc) is 3.37. The van der Waals surface area contributed by atoms with E-state index >= 15 is 0 Å². The van der Waals surface area contributed by atoms with Gasteiger partial charge in [0.2, 0.25) is 5.91 Å². The van der Waals surface area contributed by atoms with E-state index in [0.29, 0.717) is 35.9 Å². The van der Waals surface area contributed by atoms with Crippen LogP contribution < -0.4 is 10.2 Å². The number of aromatic amines is 1. The number of pyridine rings is 4. The lowest BCUT2D eigenvalue weighted by molar-refractivity contribution is -0.117. The Bertz CT molecular complexity index is 1750. The largest absolute Gasteiger partial charge is 0.353 e.